The summed E-state index contributed by atoms with van der Waals surface area (Å²) in [6.45, 7) is 2.15. The van der Waals surface area contributed by atoms with Crippen LogP contribution in [0, 0.1) is 0 Å². The zero-order valence-electron chi connectivity index (χ0n) is 14.2. The van der Waals surface area contributed by atoms with Crippen LogP contribution < -0.4 is 5.56 Å². The van der Waals surface area contributed by atoms with Crippen LogP contribution in [0.3, 0.4) is 0 Å². The van der Waals surface area contributed by atoms with E-state index in [0.29, 0.717) is 16.5 Å². The summed E-state index contributed by atoms with van der Waals surface area (Å²) < 4.78 is 0. The summed E-state index contributed by atoms with van der Waals surface area (Å²) in [5, 5.41) is 11.1. The molecule has 2 aromatic carbocycles. The topological polar surface area (TPSA) is 70.2 Å². The van der Waals surface area contributed by atoms with Gasteiger partial charge in [0.15, 0.2) is 0 Å². The Hall–Kier alpha value is -2.88. The van der Waals surface area contributed by atoms with Crippen LogP contribution in [0.2, 0.25) is 0 Å². The summed E-state index contributed by atoms with van der Waals surface area (Å²) in [5.74, 6) is -0.720. The van der Waals surface area contributed by atoms with Crippen LogP contribution in [0.25, 0.3) is 10.9 Å². The fourth-order valence-corrected chi connectivity index (χ4v) is 3.00. The van der Waals surface area contributed by atoms with Gasteiger partial charge in [-0.2, -0.15) is 0 Å². The number of nitrogens with one attached hydrogen (secondary N) is 1. The second-order valence-electron chi connectivity index (χ2n) is 6.21. The fourth-order valence-electron chi connectivity index (χ4n) is 3.00. The van der Waals surface area contributed by atoms with Crippen molar-refractivity contribution in [1.29, 1.82) is 0 Å². The first-order valence-corrected chi connectivity index (χ1v) is 8.59. The van der Waals surface area contributed by atoms with Crippen LogP contribution in [-0.2, 0) is 6.42 Å². The van der Waals surface area contributed by atoms with Crippen molar-refractivity contribution in [3.8, 4) is 5.75 Å². The molecule has 0 fully saturated rings. The molecule has 0 radical (unpaired) electrons. The van der Waals surface area contributed by atoms with Crippen molar-refractivity contribution in [2.24, 2.45) is 0 Å². The van der Waals surface area contributed by atoms with Gasteiger partial charge in [-0.15, -0.1) is 0 Å². The molecule has 0 aliphatic carbocycles. The molecule has 0 saturated heterocycles. The van der Waals surface area contributed by atoms with Gasteiger partial charge in [0.1, 0.15) is 11.3 Å². The molecule has 128 valence electrons. The van der Waals surface area contributed by atoms with Gasteiger partial charge in [0.25, 0.3) is 5.56 Å². The minimum atomic E-state index is -0.572. The summed E-state index contributed by atoms with van der Waals surface area (Å²) in [7, 11) is 0. The summed E-state index contributed by atoms with van der Waals surface area (Å²) in [5.41, 5.74) is 1.22. The zero-order valence-corrected chi connectivity index (χ0v) is 14.2. The van der Waals surface area contributed by atoms with E-state index >= 15 is 0 Å². The normalized spacial score (nSPS) is 10.9. The first kappa shape index (κ1) is 17.0. The highest BCUT2D eigenvalue weighted by Gasteiger charge is 2.20. The number of aromatic amines is 1. The maximum Gasteiger partial charge on any atom is 0.263 e. The Labute approximate surface area is 146 Å². The molecule has 0 aliphatic heterocycles. The predicted octanol–water partition coefficient (Wildman–Crippen LogP) is 4.20. The molecular weight excluding hydrogens is 314 g/mol. The summed E-state index contributed by atoms with van der Waals surface area (Å²) in [6.07, 6.45) is 4.27. The molecule has 0 unspecified atom stereocenters. The van der Waals surface area contributed by atoms with Gasteiger partial charge in [0.05, 0.1) is 5.52 Å². The van der Waals surface area contributed by atoms with E-state index in [9.17, 15) is 14.7 Å². The van der Waals surface area contributed by atoms with Crippen molar-refractivity contribution in [2.75, 3.05) is 0 Å². The molecule has 4 nitrogen and oxygen atoms in total. The maximum absolute atomic E-state index is 12.6. The Balaban J connectivity index is 2.07. The van der Waals surface area contributed by atoms with E-state index in [4.69, 9.17) is 0 Å². The fraction of sp³-hybridized carbons (Fsp3) is 0.238. The molecular formula is C21H21NO3. The number of aromatic nitrogens is 1. The van der Waals surface area contributed by atoms with Crippen molar-refractivity contribution in [3.05, 3.63) is 75.6 Å². The van der Waals surface area contributed by atoms with E-state index in [0.717, 1.165) is 31.2 Å². The highest BCUT2D eigenvalue weighted by Crippen LogP contribution is 2.28. The van der Waals surface area contributed by atoms with Gasteiger partial charge < -0.3 is 10.1 Å². The molecule has 0 saturated carbocycles. The molecule has 4 heteroatoms. The minimum absolute atomic E-state index is 0.204. The number of fused-ring (bicyclic) bond motifs is 1. The number of hydrogen-bond donors (Lipinski definition) is 2. The number of benzene rings is 2. The second kappa shape index (κ2) is 7.34. The average molecular weight is 335 g/mol. The Kier molecular flexibility index (Phi) is 4.98. The highest BCUT2D eigenvalue weighted by molar-refractivity contribution is 6.12. The van der Waals surface area contributed by atoms with Gasteiger partial charge >= 0.3 is 0 Å². The minimum Gasteiger partial charge on any atom is -0.506 e. The standard InChI is InChI=1S/C21H21NO3/c1-2-3-5-8-14-11-12-17-16(13-14)20(24)18(21(25)22-17)19(23)15-9-6-4-7-10-15/h4,6-7,9-13H,2-3,5,8H2,1H3,(H2,22,24,25). The third-order valence-corrected chi connectivity index (χ3v) is 4.38. The molecule has 0 atom stereocenters. The van der Waals surface area contributed by atoms with Crippen molar-refractivity contribution < 1.29 is 9.90 Å². The first-order valence-electron chi connectivity index (χ1n) is 8.59. The number of ketones is 1. The Morgan fingerprint density at radius 3 is 2.56 bits per heavy atom. The summed E-state index contributed by atoms with van der Waals surface area (Å²) in [6, 6.07) is 14.1. The third kappa shape index (κ3) is 3.48. The average Bonchev–Trinajstić information content (AvgIpc) is 2.63. The predicted molar refractivity (Wildman–Crippen MR) is 99.3 cm³/mol. The first-order chi connectivity index (χ1) is 12.1. The molecule has 3 rings (SSSR count). The van der Waals surface area contributed by atoms with E-state index in [1.807, 2.05) is 12.1 Å². The Bertz CT molecular complexity index is 958. The van der Waals surface area contributed by atoms with Crippen LogP contribution in [0.4, 0.5) is 0 Å². The number of unbranched alkanes of at least 4 members (excludes halogenated alkanes) is 2. The molecule has 1 heterocycles. The zero-order chi connectivity index (χ0) is 17.8. The van der Waals surface area contributed by atoms with Crippen LogP contribution in [0.1, 0.15) is 47.7 Å². The van der Waals surface area contributed by atoms with Gasteiger partial charge in [-0.1, -0.05) is 56.2 Å². The van der Waals surface area contributed by atoms with Crippen molar-refractivity contribution in [3.63, 3.8) is 0 Å². The molecule has 0 bridgehead atoms. The van der Waals surface area contributed by atoms with Gasteiger partial charge in [-0.05, 0) is 30.5 Å². The van der Waals surface area contributed by atoms with Crippen molar-refractivity contribution in [2.45, 2.75) is 32.6 Å². The quantitative estimate of drug-likeness (QED) is 0.524. The van der Waals surface area contributed by atoms with E-state index in [2.05, 4.69) is 11.9 Å². The van der Waals surface area contributed by atoms with E-state index in [-0.39, 0.29) is 11.3 Å². The summed E-state index contributed by atoms with van der Waals surface area (Å²) in [4.78, 5) is 27.7. The SMILES string of the molecule is CCCCCc1ccc2[nH]c(=O)c(C(=O)c3ccccc3)c(O)c2c1. The van der Waals surface area contributed by atoms with Crippen LogP contribution in [-0.4, -0.2) is 15.9 Å². The number of pyridine rings is 1. The van der Waals surface area contributed by atoms with Gasteiger partial charge in [0.2, 0.25) is 5.78 Å². The van der Waals surface area contributed by atoms with Gasteiger partial charge in [0, 0.05) is 10.9 Å². The third-order valence-electron chi connectivity index (χ3n) is 4.38. The monoisotopic (exact) mass is 335 g/mol. The summed E-state index contributed by atoms with van der Waals surface area (Å²) >= 11 is 0. The lowest BCUT2D eigenvalue weighted by molar-refractivity contribution is 0.103. The van der Waals surface area contributed by atoms with E-state index in [1.165, 1.54) is 0 Å². The second-order valence-corrected chi connectivity index (χ2v) is 6.21. The molecule has 0 aliphatic rings. The molecule has 1 aromatic heterocycles. The van der Waals surface area contributed by atoms with Gasteiger partial charge in [-0.3, -0.25) is 9.59 Å². The molecule has 0 amide bonds. The smallest absolute Gasteiger partial charge is 0.263 e. The van der Waals surface area contributed by atoms with Gasteiger partial charge in [-0.25, -0.2) is 0 Å². The molecule has 3 aromatic rings. The molecule has 25 heavy (non-hydrogen) atoms. The Morgan fingerprint density at radius 2 is 1.84 bits per heavy atom. The molecule has 0 spiro atoms. The van der Waals surface area contributed by atoms with Crippen molar-refractivity contribution in [1.82, 2.24) is 4.98 Å². The number of carbonyl (C=O) groups excluding carboxylic acids is 1. The number of hydrogen-bond acceptors (Lipinski definition) is 3. The van der Waals surface area contributed by atoms with Crippen molar-refractivity contribution >= 4 is 16.7 Å². The number of aryl methyl sites for hydroxylation is 1. The maximum atomic E-state index is 12.6. The van der Waals surface area contributed by atoms with Crippen LogP contribution >= 0.6 is 0 Å². The van der Waals surface area contributed by atoms with E-state index in [1.54, 1.807) is 36.4 Å². The molecule has 2 N–H and O–H groups in total. The lowest BCUT2D eigenvalue weighted by Gasteiger charge is -2.09. The van der Waals surface area contributed by atoms with E-state index < -0.39 is 11.3 Å². The van der Waals surface area contributed by atoms with Crippen LogP contribution in [0.15, 0.2) is 53.3 Å². The number of H-pyrrole nitrogens is 1. The largest absolute Gasteiger partial charge is 0.506 e. The lowest BCUT2D eigenvalue weighted by Crippen LogP contribution is -2.18. The number of carbonyl (C=O) groups is 1. The lowest BCUT2D eigenvalue weighted by atomic mass is 9.99. The Morgan fingerprint density at radius 1 is 1.08 bits per heavy atom. The number of rotatable bonds is 6. The van der Waals surface area contributed by atoms with Crippen LogP contribution in [0.5, 0.6) is 5.75 Å². The highest BCUT2D eigenvalue weighted by atomic mass is 16.3. The number of aromatic hydroxyl groups is 1.